The van der Waals surface area contributed by atoms with E-state index >= 15 is 0 Å². The van der Waals surface area contributed by atoms with Crippen molar-refractivity contribution in [3.63, 3.8) is 0 Å². The first kappa shape index (κ1) is 50.4. The molecule has 6 heteroatoms. The first-order valence-electron chi connectivity index (χ1n) is 22.7. The van der Waals surface area contributed by atoms with Crippen LogP contribution in [0.3, 0.4) is 0 Å². The van der Waals surface area contributed by atoms with Crippen molar-refractivity contribution in [2.24, 2.45) is 11.8 Å². The van der Waals surface area contributed by atoms with Crippen molar-refractivity contribution in [3.8, 4) is 0 Å². The lowest BCUT2D eigenvalue weighted by atomic mass is 10.0. The summed E-state index contributed by atoms with van der Waals surface area (Å²) in [5.74, 6) is 0.759. The number of carbonyl (C=O) groups excluding carboxylic acids is 3. The number of rotatable bonds is 40. The highest BCUT2D eigenvalue weighted by Crippen LogP contribution is 2.16. The summed E-state index contributed by atoms with van der Waals surface area (Å²) in [6, 6.07) is 0. The molecule has 0 aromatic rings. The van der Waals surface area contributed by atoms with Gasteiger partial charge in [0.05, 0.1) is 0 Å². The quantitative estimate of drug-likeness (QED) is 0.0354. The summed E-state index contributed by atoms with van der Waals surface area (Å²) in [7, 11) is 0. The number of hydrogen-bond acceptors (Lipinski definition) is 6. The smallest absolute Gasteiger partial charge is 0.306 e. The van der Waals surface area contributed by atoms with E-state index in [1.54, 1.807) is 0 Å². The minimum atomic E-state index is -0.759. The van der Waals surface area contributed by atoms with Crippen molar-refractivity contribution < 1.29 is 28.6 Å². The molecule has 0 amide bonds. The second-order valence-electron chi connectivity index (χ2n) is 16.6. The van der Waals surface area contributed by atoms with Crippen LogP contribution in [0.15, 0.2) is 0 Å². The molecule has 0 aromatic heterocycles. The topological polar surface area (TPSA) is 78.9 Å². The van der Waals surface area contributed by atoms with E-state index in [4.69, 9.17) is 14.2 Å². The van der Waals surface area contributed by atoms with Crippen LogP contribution in [-0.2, 0) is 28.6 Å². The zero-order valence-corrected chi connectivity index (χ0v) is 35.4. The van der Waals surface area contributed by atoms with Gasteiger partial charge in [-0.05, 0) is 31.1 Å². The van der Waals surface area contributed by atoms with E-state index in [0.717, 1.165) is 69.6 Å². The Hall–Kier alpha value is -1.59. The highest BCUT2D eigenvalue weighted by molar-refractivity contribution is 5.71. The fourth-order valence-electron chi connectivity index (χ4n) is 6.75. The fraction of sp³-hybridized carbons (Fsp3) is 0.935. The van der Waals surface area contributed by atoms with Crippen molar-refractivity contribution in [2.75, 3.05) is 13.2 Å². The van der Waals surface area contributed by atoms with Gasteiger partial charge in [0.25, 0.3) is 0 Å². The maximum atomic E-state index is 12.7. The average molecular weight is 737 g/mol. The Bertz CT molecular complexity index is 794. The third kappa shape index (κ3) is 39.6. The first-order valence-corrected chi connectivity index (χ1v) is 22.7. The third-order valence-corrected chi connectivity index (χ3v) is 10.2. The summed E-state index contributed by atoms with van der Waals surface area (Å²) < 4.78 is 16.6. The highest BCUT2D eigenvalue weighted by Gasteiger charge is 2.19. The van der Waals surface area contributed by atoms with Crippen LogP contribution in [0, 0.1) is 11.8 Å². The minimum absolute atomic E-state index is 0.0660. The molecule has 0 aliphatic rings. The standard InChI is InChI=1S/C46H88O6/c1-6-7-8-9-19-26-31-36-44(47)50-39-43(40-51-45(48)37-32-27-23-18-21-25-30-35-42(4)5)52-46(49)38-33-28-22-17-15-13-11-10-12-14-16-20-24-29-34-41(2)3/h41-43H,6-40H2,1-5H3/t43-/m0/s1. The van der Waals surface area contributed by atoms with Crippen LogP contribution in [-0.4, -0.2) is 37.2 Å². The van der Waals surface area contributed by atoms with Crippen LogP contribution in [0.25, 0.3) is 0 Å². The van der Waals surface area contributed by atoms with Crippen LogP contribution in [0.2, 0.25) is 0 Å². The maximum Gasteiger partial charge on any atom is 0.306 e. The van der Waals surface area contributed by atoms with Gasteiger partial charge in [0, 0.05) is 19.3 Å². The number of hydrogen-bond donors (Lipinski definition) is 0. The molecule has 0 radical (unpaired) electrons. The Kier molecular flexibility index (Phi) is 37.9. The van der Waals surface area contributed by atoms with Crippen LogP contribution in [0.4, 0.5) is 0 Å². The van der Waals surface area contributed by atoms with Crippen molar-refractivity contribution in [3.05, 3.63) is 0 Å². The first-order chi connectivity index (χ1) is 25.2. The lowest BCUT2D eigenvalue weighted by molar-refractivity contribution is -0.167. The Morgan fingerprint density at radius 1 is 0.365 bits per heavy atom. The Morgan fingerprint density at radius 2 is 0.635 bits per heavy atom. The summed E-state index contributed by atoms with van der Waals surface area (Å²) in [6.45, 7) is 11.3. The molecule has 0 fully saturated rings. The SMILES string of the molecule is CCCCCCCCCC(=O)OC[C@@H](COC(=O)CCCCCCCCCC(C)C)OC(=O)CCCCCCCCCCCCCCCCC(C)C. The van der Waals surface area contributed by atoms with Gasteiger partial charge in [-0.25, -0.2) is 0 Å². The van der Waals surface area contributed by atoms with Gasteiger partial charge in [0.2, 0.25) is 0 Å². The third-order valence-electron chi connectivity index (χ3n) is 10.2. The Balaban J connectivity index is 4.23. The van der Waals surface area contributed by atoms with Crippen molar-refractivity contribution in [2.45, 2.75) is 253 Å². The molecule has 0 saturated heterocycles. The molecular formula is C46H88O6. The monoisotopic (exact) mass is 737 g/mol. The summed E-state index contributed by atoms with van der Waals surface area (Å²) in [6.07, 6.45) is 36.8. The molecule has 0 aromatic carbocycles. The Labute approximate surface area is 323 Å². The minimum Gasteiger partial charge on any atom is -0.462 e. The molecule has 0 saturated carbocycles. The van der Waals surface area contributed by atoms with E-state index in [2.05, 4.69) is 34.6 Å². The van der Waals surface area contributed by atoms with E-state index in [-0.39, 0.29) is 31.1 Å². The predicted octanol–water partition coefficient (Wildman–Crippen LogP) is 14.2. The number of carbonyl (C=O) groups is 3. The number of ether oxygens (including phenoxy) is 3. The van der Waals surface area contributed by atoms with Gasteiger partial charge in [-0.3, -0.25) is 14.4 Å². The van der Waals surface area contributed by atoms with E-state index in [1.165, 1.54) is 135 Å². The van der Waals surface area contributed by atoms with Crippen molar-refractivity contribution in [1.29, 1.82) is 0 Å². The molecule has 308 valence electrons. The van der Waals surface area contributed by atoms with Gasteiger partial charge >= 0.3 is 17.9 Å². The molecular weight excluding hydrogens is 649 g/mol. The summed E-state index contributed by atoms with van der Waals surface area (Å²) in [4.78, 5) is 37.5. The zero-order valence-electron chi connectivity index (χ0n) is 35.4. The average Bonchev–Trinajstić information content (AvgIpc) is 3.11. The van der Waals surface area contributed by atoms with Crippen LogP contribution in [0.5, 0.6) is 0 Å². The molecule has 0 N–H and O–H groups in total. The second-order valence-corrected chi connectivity index (χ2v) is 16.6. The molecule has 52 heavy (non-hydrogen) atoms. The van der Waals surface area contributed by atoms with E-state index in [9.17, 15) is 14.4 Å². The van der Waals surface area contributed by atoms with Gasteiger partial charge in [0.15, 0.2) is 6.10 Å². The molecule has 1 atom stereocenters. The van der Waals surface area contributed by atoms with Crippen LogP contribution >= 0.6 is 0 Å². The van der Waals surface area contributed by atoms with Gasteiger partial charge in [-0.1, -0.05) is 208 Å². The highest BCUT2D eigenvalue weighted by atomic mass is 16.6. The number of unbranched alkanes of at least 4 members (excludes halogenated alkanes) is 25. The lowest BCUT2D eigenvalue weighted by Crippen LogP contribution is -2.30. The molecule has 0 aliphatic carbocycles. The number of esters is 3. The maximum absolute atomic E-state index is 12.7. The normalized spacial score (nSPS) is 12.1. The molecule has 0 rings (SSSR count). The largest absolute Gasteiger partial charge is 0.462 e. The molecule has 6 nitrogen and oxygen atoms in total. The van der Waals surface area contributed by atoms with Gasteiger partial charge in [-0.2, -0.15) is 0 Å². The van der Waals surface area contributed by atoms with E-state index in [1.807, 2.05) is 0 Å². The van der Waals surface area contributed by atoms with Gasteiger partial charge in [0.1, 0.15) is 13.2 Å². The molecule has 0 spiro atoms. The molecule has 0 unspecified atom stereocenters. The summed E-state index contributed by atoms with van der Waals surface area (Å²) in [5, 5.41) is 0. The molecule has 0 aliphatic heterocycles. The van der Waals surface area contributed by atoms with Crippen LogP contribution in [0.1, 0.15) is 247 Å². The zero-order chi connectivity index (χ0) is 38.3. The van der Waals surface area contributed by atoms with Crippen molar-refractivity contribution >= 4 is 17.9 Å². The summed E-state index contributed by atoms with van der Waals surface area (Å²) in [5.41, 5.74) is 0. The predicted molar refractivity (Wildman–Crippen MR) is 220 cm³/mol. The Morgan fingerprint density at radius 3 is 0.942 bits per heavy atom. The van der Waals surface area contributed by atoms with E-state index in [0.29, 0.717) is 19.3 Å². The lowest BCUT2D eigenvalue weighted by Gasteiger charge is -2.18. The molecule has 0 bridgehead atoms. The van der Waals surface area contributed by atoms with Crippen molar-refractivity contribution in [1.82, 2.24) is 0 Å². The molecule has 0 heterocycles. The van der Waals surface area contributed by atoms with Gasteiger partial charge in [-0.15, -0.1) is 0 Å². The van der Waals surface area contributed by atoms with Crippen LogP contribution < -0.4 is 0 Å². The second kappa shape index (κ2) is 39.1. The fourth-order valence-corrected chi connectivity index (χ4v) is 6.75. The van der Waals surface area contributed by atoms with Gasteiger partial charge < -0.3 is 14.2 Å². The van der Waals surface area contributed by atoms with E-state index < -0.39 is 6.10 Å². The summed E-state index contributed by atoms with van der Waals surface area (Å²) >= 11 is 0.